The van der Waals surface area contributed by atoms with E-state index in [-0.39, 0.29) is 0 Å². The van der Waals surface area contributed by atoms with Gasteiger partial charge in [-0.2, -0.15) is 0 Å². The van der Waals surface area contributed by atoms with Crippen LogP contribution in [0.4, 0.5) is 0 Å². The molecule has 1 aromatic heterocycles. The second-order valence-corrected chi connectivity index (χ2v) is 8.18. The number of piperidine rings is 1. The lowest BCUT2D eigenvalue weighted by Crippen LogP contribution is -2.34. The molecule has 1 N–H and O–H groups in total. The SMILES string of the molecule is Clc1ccc2[nH]cc(CCN3CCC(c4cccc5c4OCCO5)CC3)c2c1. The fraction of sp³-hybridized carbons (Fsp3) is 0.391. The van der Waals surface area contributed by atoms with E-state index >= 15 is 0 Å². The molecule has 28 heavy (non-hydrogen) atoms. The van der Waals surface area contributed by atoms with E-state index in [1.165, 1.54) is 29.4 Å². The predicted octanol–water partition coefficient (Wildman–Crippen LogP) is 5.01. The molecule has 146 valence electrons. The number of likely N-dealkylation sites (tertiary alicyclic amines) is 1. The Bertz CT molecular complexity index is 976. The number of rotatable bonds is 4. The number of aromatic amines is 1. The Balaban J connectivity index is 1.21. The summed E-state index contributed by atoms with van der Waals surface area (Å²) in [6, 6.07) is 12.4. The highest BCUT2D eigenvalue weighted by Gasteiger charge is 2.26. The maximum absolute atomic E-state index is 6.18. The summed E-state index contributed by atoms with van der Waals surface area (Å²) in [7, 11) is 0. The molecule has 2 aliphatic rings. The minimum atomic E-state index is 0.555. The molecule has 0 atom stereocenters. The first-order chi connectivity index (χ1) is 13.8. The number of nitrogens with one attached hydrogen (secondary N) is 1. The van der Waals surface area contributed by atoms with Crippen LogP contribution in [0.1, 0.15) is 29.9 Å². The standard InChI is InChI=1S/C23H25ClN2O2/c24-18-4-5-21-20(14-18)17(15-25-21)8-11-26-9-6-16(7-10-26)19-2-1-3-22-23(19)28-13-12-27-22/h1-5,14-16,25H,6-13H2. The normalized spacial score (nSPS) is 17.9. The van der Waals surface area contributed by atoms with E-state index in [1.54, 1.807) is 0 Å². The summed E-state index contributed by atoms with van der Waals surface area (Å²) in [5, 5.41) is 2.04. The van der Waals surface area contributed by atoms with Crippen molar-refractivity contribution >= 4 is 22.5 Å². The third kappa shape index (κ3) is 3.47. The van der Waals surface area contributed by atoms with Crippen molar-refractivity contribution in [1.29, 1.82) is 0 Å². The van der Waals surface area contributed by atoms with Gasteiger partial charge in [0.05, 0.1) is 0 Å². The van der Waals surface area contributed by atoms with Gasteiger partial charge in [0.1, 0.15) is 13.2 Å². The molecule has 0 aliphatic carbocycles. The first kappa shape index (κ1) is 17.9. The number of hydrogen-bond acceptors (Lipinski definition) is 3. The summed E-state index contributed by atoms with van der Waals surface area (Å²) in [6.45, 7) is 4.63. The minimum Gasteiger partial charge on any atom is -0.486 e. The van der Waals surface area contributed by atoms with E-state index in [9.17, 15) is 0 Å². The zero-order chi connectivity index (χ0) is 18.9. The van der Waals surface area contributed by atoms with Gasteiger partial charge < -0.3 is 19.4 Å². The zero-order valence-electron chi connectivity index (χ0n) is 15.9. The highest BCUT2D eigenvalue weighted by atomic mass is 35.5. The highest BCUT2D eigenvalue weighted by Crippen LogP contribution is 2.41. The average molecular weight is 397 g/mol. The fourth-order valence-electron chi connectivity index (χ4n) is 4.52. The van der Waals surface area contributed by atoms with E-state index < -0.39 is 0 Å². The van der Waals surface area contributed by atoms with Crippen LogP contribution in [-0.2, 0) is 6.42 Å². The van der Waals surface area contributed by atoms with Crippen LogP contribution in [0.5, 0.6) is 11.5 Å². The topological polar surface area (TPSA) is 37.5 Å². The lowest BCUT2D eigenvalue weighted by atomic mass is 9.88. The molecule has 0 radical (unpaired) electrons. The molecule has 0 saturated carbocycles. The van der Waals surface area contributed by atoms with Crippen LogP contribution in [0.2, 0.25) is 5.02 Å². The number of H-pyrrole nitrogens is 1. The number of para-hydroxylation sites is 1. The van der Waals surface area contributed by atoms with Crippen LogP contribution < -0.4 is 9.47 Å². The Hall–Kier alpha value is -2.17. The number of nitrogens with zero attached hydrogens (tertiary/aromatic N) is 1. The Kier molecular flexibility index (Phi) is 4.91. The van der Waals surface area contributed by atoms with Gasteiger partial charge in [0.25, 0.3) is 0 Å². The van der Waals surface area contributed by atoms with Crippen molar-refractivity contribution < 1.29 is 9.47 Å². The summed E-state index contributed by atoms with van der Waals surface area (Å²) in [5.41, 5.74) is 3.83. The highest BCUT2D eigenvalue weighted by molar-refractivity contribution is 6.31. The third-order valence-corrected chi connectivity index (χ3v) is 6.29. The molecular formula is C23H25ClN2O2. The summed E-state index contributed by atoms with van der Waals surface area (Å²) >= 11 is 6.18. The first-order valence-corrected chi connectivity index (χ1v) is 10.5. The van der Waals surface area contributed by atoms with Gasteiger partial charge in [0, 0.05) is 34.2 Å². The lowest BCUT2D eigenvalue weighted by molar-refractivity contribution is 0.165. The maximum atomic E-state index is 6.18. The van der Waals surface area contributed by atoms with Crippen molar-refractivity contribution in [2.45, 2.75) is 25.2 Å². The van der Waals surface area contributed by atoms with Gasteiger partial charge in [-0.3, -0.25) is 0 Å². The van der Waals surface area contributed by atoms with Crippen LogP contribution in [0, 0.1) is 0 Å². The van der Waals surface area contributed by atoms with Gasteiger partial charge in [0.15, 0.2) is 11.5 Å². The Labute approximate surface area is 170 Å². The summed E-state index contributed by atoms with van der Waals surface area (Å²) in [4.78, 5) is 5.93. The molecule has 1 saturated heterocycles. The quantitative estimate of drug-likeness (QED) is 0.673. The van der Waals surface area contributed by atoms with Crippen molar-refractivity contribution in [2.75, 3.05) is 32.8 Å². The van der Waals surface area contributed by atoms with Gasteiger partial charge in [-0.05, 0) is 68.1 Å². The minimum absolute atomic E-state index is 0.555. The van der Waals surface area contributed by atoms with Crippen LogP contribution in [-0.4, -0.2) is 42.7 Å². The van der Waals surface area contributed by atoms with Gasteiger partial charge in [-0.1, -0.05) is 23.7 Å². The molecule has 3 aromatic rings. The average Bonchev–Trinajstić information content (AvgIpc) is 3.14. The molecule has 0 unspecified atom stereocenters. The lowest BCUT2D eigenvalue weighted by Gasteiger charge is -2.33. The van der Waals surface area contributed by atoms with E-state index in [0.717, 1.165) is 48.1 Å². The van der Waals surface area contributed by atoms with E-state index in [4.69, 9.17) is 21.1 Å². The number of halogens is 1. The molecule has 4 nitrogen and oxygen atoms in total. The van der Waals surface area contributed by atoms with Crippen molar-refractivity contribution in [1.82, 2.24) is 9.88 Å². The fourth-order valence-corrected chi connectivity index (χ4v) is 4.69. The van der Waals surface area contributed by atoms with Crippen molar-refractivity contribution in [3.63, 3.8) is 0 Å². The van der Waals surface area contributed by atoms with Crippen LogP contribution in [0.15, 0.2) is 42.6 Å². The molecular weight excluding hydrogens is 372 g/mol. The number of benzene rings is 2. The monoisotopic (exact) mass is 396 g/mol. The molecule has 0 spiro atoms. The molecule has 3 heterocycles. The van der Waals surface area contributed by atoms with Crippen molar-refractivity contribution in [3.05, 3.63) is 58.7 Å². The summed E-state index contributed by atoms with van der Waals surface area (Å²) < 4.78 is 11.7. The molecule has 2 aliphatic heterocycles. The number of ether oxygens (including phenoxy) is 2. The van der Waals surface area contributed by atoms with Gasteiger partial charge in [-0.15, -0.1) is 0 Å². The van der Waals surface area contributed by atoms with Crippen molar-refractivity contribution in [2.24, 2.45) is 0 Å². The molecule has 1 fully saturated rings. The maximum Gasteiger partial charge on any atom is 0.164 e. The smallest absolute Gasteiger partial charge is 0.164 e. The Morgan fingerprint density at radius 2 is 1.93 bits per heavy atom. The molecule has 0 amide bonds. The van der Waals surface area contributed by atoms with E-state index in [1.807, 2.05) is 12.1 Å². The number of fused-ring (bicyclic) bond motifs is 2. The first-order valence-electron chi connectivity index (χ1n) is 10.1. The van der Waals surface area contributed by atoms with Crippen LogP contribution in [0.3, 0.4) is 0 Å². The Morgan fingerprint density at radius 1 is 1.07 bits per heavy atom. The van der Waals surface area contributed by atoms with Gasteiger partial charge in [0.2, 0.25) is 0 Å². The predicted molar refractivity (Wildman–Crippen MR) is 113 cm³/mol. The van der Waals surface area contributed by atoms with Gasteiger partial charge in [-0.25, -0.2) is 0 Å². The summed E-state index contributed by atoms with van der Waals surface area (Å²) in [6.07, 6.45) is 5.50. The second kappa shape index (κ2) is 7.69. The molecule has 2 aromatic carbocycles. The van der Waals surface area contributed by atoms with E-state index in [0.29, 0.717) is 19.1 Å². The molecule has 0 bridgehead atoms. The van der Waals surface area contributed by atoms with Crippen molar-refractivity contribution in [3.8, 4) is 11.5 Å². The van der Waals surface area contributed by atoms with E-state index in [2.05, 4.69) is 40.3 Å². The molecule has 5 heteroatoms. The number of aromatic nitrogens is 1. The third-order valence-electron chi connectivity index (χ3n) is 6.05. The van der Waals surface area contributed by atoms with Crippen LogP contribution in [0.25, 0.3) is 10.9 Å². The Morgan fingerprint density at radius 3 is 2.82 bits per heavy atom. The summed E-state index contributed by atoms with van der Waals surface area (Å²) in [5.74, 6) is 2.44. The second-order valence-electron chi connectivity index (χ2n) is 7.74. The largest absolute Gasteiger partial charge is 0.486 e. The zero-order valence-corrected chi connectivity index (χ0v) is 16.7. The number of hydrogen-bond donors (Lipinski definition) is 1. The van der Waals surface area contributed by atoms with Gasteiger partial charge >= 0.3 is 0 Å². The van der Waals surface area contributed by atoms with Crippen LogP contribution >= 0.6 is 11.6 Å². The molecule has 5 rings (SSSR count).